The number of hydrogen-bond donors (Lipinski definition) is 1. The molecule has 15 heavy (non-hydrogen) atoms. The van der Waals surface area contributed by atoms with Crippen LogP contribution < -0.4 is 10.5 Å². The zero-order chi connectivity index (χ0) is 11.3. The monoisotopic (exact) mass is 207 g/mol. The predicted octanol–water partition coefficient (Wildman–Crippen LogP) is 2.76. The molecule has 0 bridgehead atoms. The molecule has 2 N–H and O–H groups in total. The lowest BCUT2D eigenvalue weighted by atomic mass is 10.0. The summed E-state index contributed by atoms with van der Waals surface area (Å²) in [7, 11) is 0. The fraction of sp³-hybridized carbons (Fsp3) is 0.538. The summed E-state index contributed by atoms with van der Waals surface area (Å²) in [6.45, 7) is 6.84. The van der Waals surface area contributed by atoms with Crippen molar-refractivity contribution in [1.82, 2.24) is 0 Å². The molecule has 0 aromatic heterocycles. The van der Waals surface area contributed by atoms with E-state index in [1.54, 1.807) is 0 Å². The molecule has 0 fully saturated rings. The number of nitrogens with two attached hydrogens (primary N) is 1. The van der Waals surface area contributed by atoms with Gasteiger partial charge >= 0.3 is 0 Å². The van der Waals surface area contributed by atoms with Gasteiger partial charge < -0.3 is 10.5 Å². The second kappa shape index (κ2) is 5.17. The summed E-state index contributed by atoms with van der Waals surface area (Å²) in [5.41, 5.74) is 7.05. The molecule has 1 rings (SSSR count). The Hall–Kier alpha value is -1.02. The SMILES string of the molecule is CCc1ccc(OCCC(C)(C)N)cc1. The molecule has 1 aromatic rings. The van der Waals surface area contributed by atoms with Crippen molar-refractivity contribution in [3.05, 3.63) is 29.8 Å². The topological polar surface area (TPSA) is 35.2 Å². The molecule has 0 heterocycles. The van der Waals surface area contributed by atoms with Crippen molar-refractivity contribution in [1.29, 1.82) is 0 Å². The molecule has 84 valence electrons. The summed E-state index contributed by atoms with van der Waals surface area (Å²) >= 11 is 0. The molecule has 0 atom stereocenters. The molecular formula is C13H21NO. The second-order valence-electron chi connectivity index (χ2n) is 4.58. The van der Waals surface area contributed by atoms with Gasteiger partial charge in [-0.15, -0.1) is 0 Å². The molecule has 1 aromatic carbocycles. The van der Waals surface area contributed by atoms with E-state index < -0.39 is 0 Å². The molecule has 0 aliphatic carbocycles. The van der Waals surface area contributed by atoms with Crippen molar-refractivity contribution in [3.8, 4) is 5.75 Å². The van der Waals surface area contributed by atoms with Crippen LogP contribution in [0.15, 0.2) is 24.3 Å². The first-order valence-electron chi connectivity index (χ1n) is 5.52. The molecule has 0 radical (unpaired) electrons. The predicted molar refractivity (Wildman–Crippen MR) is 64.2 cm³/mol. The number of rotatable bonds is 5. The molecule has 2 nitrogen and oxygen atoms in total. The third-order valence-electron chi connectivity index (χ3n) is 2.35. The largest absolute Gasteiger partial charge is 0.494 e. The lowest BCUT2D eigenvalue weighted by molar-refractivity contribution is 0.274. The van der Waals surface area contributed by atoms with Gasteiger partial charge in [-0.25, -0.2) is 0 Å². The number of hydrogen-bond acceptors (Lipinski definition) is 2. The van der Waals surface area contributed by atoms with E-state index in [0.717, 1.165) is 18.6 Å². The Balaban J connectivity index is 2.38. The van der Waals surface area contributed by atoms with Gasteiger partial charge in [0.1, 0.15) is 5.75 Å². The van der Waals surface area contributed by atoms with E-state index in [9.17, 15) is 0 Å². The van der Waals surface area contributed by atoms with Crippen LogP contribution in [-0.2, 0) is 6.42 Å². The van der Waals surface area contributed by atoms with Gasteiger partial charge in [-0.2, -0.15) is 0 Å². The molecule has 0 aliphatic rings. The maximum Gasteiger partial charge on any atom is 0.119 e. The zero-order valence-corrected chi connectivity index (χ0v) is 9.92. The van der Waals surface area contributed by atoms with E-state index in [2.05, 4.69) is 19.1 Å². The van der Waals surface area contributed by atoms with Crippen LogP contribution in [0.1, 0.15) is 32.8 Å². The molecule has 0 spiro atoms. The molecule has 0 aliphatic heterocycles. The summed E-state index contributed by atoms with van der Waals surface area (Å²) in [5, 5.41) is 0. The van der Waals surface area contributed by atoms with Gasteiger partial charge in [0.2, 0.25) is 0 Å². The molecular weight excluding hydrogens is 186 g/mol. The number of aryl methyl sites for hydroxylation is 1. The zero-order valence-electron chi connectivity index (χ0n) is 9.92. The lowest BCUT2D eigenvalue weighted by Crippen LogP contribution is -2.33. The molecule has 0 unspecified atom stereocenters. The van der Waals surface area contributed by atoms with Crippen LogP contribution in [0.3, 0.4) is 0 Å². The Morgan fingerprint density at radius 3 is 2.27 bits per heavy atom. The van der Waals surface area contributed by atoms with Crippen LogP contribution in [0, 0.1) is 0 Å². The quantitative estimate of drug-likeness (QED) is 0.805. The smallest absolute Gasteiger partial charge is 0.119 e. The Morgan fingerprint density at radius 2 is 1.80 bits per heavy atom. The number of ether oxygens (including phenoxy) is 1. The molecule has 0 amide bonds. The first kappa shape index (κ1) is 12.1. The van der Waals surface area contributed by atoms with Crippen LogP contribution in [0.2, 0.25) is 0 Å². The fourth-order valence-corrected chi connectivity index (χ4v) is 1.25. The summed E-state index contributed by atoms with van der Waals surface area (Å²) < 4.78 is 5.60. The highest BCUT2D eigenvalue weighted by Gasteiger charge is 2.09. The average Bonchev–Trinajstić information content (AvgIpc) is 2.17. The fourth-order valence-electron chi connectivity index (χ4n) is 1.25. The van der Waals surface area contributed by atoms with Gasteiger partial charge in [-0.3, -0.25) is 0 Å². The van der Waals surface area contributed by atoms with Gasteiger partial charge in [-0.05, 0) is 44.4 Å². The standard InChI is InChI=1S/C13H21NO/c1-4-11-5-7-12(8-6-11)15-10-9-13(2,3)14/h5-8H,4,9-10,14H2,1-3H3. The minimum absolute atomic E-state index is 0.149. The highest BCUT2D eigenvalue weighted by molar-refractivity contribution is 5.27. The van der Waals surface area contributed by atoms with Crippen molar-refractivity contribution in [2.45, 2.75) is 39.2 Å². The maximum atomic E-state index is 5.87. The average molecular weight is 207 g/mol. The maximum absolute atomic E-state index is 5.87. The van der Waals surface area contributed by atoms with Crippen molar-refractivity contribution < 1.29 is 4.74 Å². The van der Waals surface area contributed by atoms with Gasteiger partial charge in [0.05, 0.1) is 6.61 Å². The van der Waals surface area contributed by atoms with Crippen LogP contribution in [0.4, 0.5) is 0 Å². The highest BCUT2D eigenvalue weighted by Crippen LogP contribution is 2.13. The Morgan fingerprint density at radius 1 is 1.20 bits per heavy atom. The van der Waals surface area contributed by atoms with Crippen LogP contribution >= 0.6 is 0 Å². The van der Waals surface area contributed by atoms with Gasteiger partial charge in [0.25, 0.3) is 0 Å². The van der Waals surface area contributed by atoms with Crippen molar-refractivity contribution in [3.63, 3.8) is 0 Å². The third kappa shape index (κ3) is 4.84. The molecule has 0 saturated heterocycles. The Bertz CT molecular complexity index is 284. The summed E-state index contributed by atoms with van der Waals surface area (Å²) in [6, 6.07) is 8.23. The van der Waals surface area contributed by atoms with Crippen LogP contribution in [0.25, 0.3) is 0 Å². The van der Waals surface area contributed by atoms with Crippen molar-refractivity contribution in [2.75, 3.05) is 6.61 Å². The molecule has 2 heteroatoms. The van der Waals surface area contributed by atoms with Gasteiger partial charge in [0.15, 0.2) is 0 Å². The normalized spacial score (nSPS) is 11.5. The summed E-state index contributed by atoms with van der Waals surface area (Å²) in [6.07, 6.45) is 1.93. The minimum Gasteiger partial charge on any atom is -0.494 e. The van der Waals surface area contributed by atoms with E-state index in [-0.39, 0.29) is 5.54 Å². The lowest BCUT2D eigenvalue weighted by Gasteiger charge is -2.18. The van der Waals surface area contributed by atoms with E-state index in [1.807, 2.05) is 26.0 Å². The van der Waals surface area contributed by atoms with E-state index in [1.165, 1.54) is 5.56 Å². The Kier molecular flexibility index (Phi) is 4.15. The summed E-state index contributed by atoms with van der Waals surface area (Å²) in [5.74, 6) is 0.927. The minimum atomic E-state index is -0.149. The Labute approximate surface area is 92.4 Å². The number of benzene rings is 1. The van der Waals surface area contributed by atoms with Crippen LogP contribution in [-0.4, -0.2) is 12.1 Å². The molecule has 0 saturated carbocycles. The van der Waals surface area contributed by atoms with Crippen molar-refractivity contribution in [2.24, 2.45) is 5.73 Å². The summed E-state index contributed by atoms with van der Waals surface area (Å²) in [4.78, 5) is 0. The second-order valence-corrected chi connectivity index (χ2v) is 4.58. The van der Waals surface area contributed by atoms with E-state index in [0.29, 0.717) is 6.61 Å². The van der Waals surface area contributed by atoms with Gasteiger partial charge in [-0.1, -0.05) is 19.1 Å². The van der Waals surface area contributed by atoms with Crippen LogP contribution in [0.5, 0.6) is 5.75 Å². The van der Waals surface area contributed by atoms with E-state index >= 15 is 0 Å². The van der Waals surface area contributed by atoms with Crippen molar-refractivity contribution >= 4 is 0 Å². The van der Waals surface area contributed by atoms with Gasteiger partial charge in [0, 0.05) is 5.54 Å². The first-order chi connectivity index (χ1) is 7.01. The first-order valence-corrected chi connectivity index (χ1v) is 5.52. The van der Waals surface area contributed by atoms with E-state index in [4.69, 9.17) is 10.5 Å². The third-order valence-corrected chi connectivity index (χ3v) is 2.35. The highest BCUT2D eigenvalue weighted by atomic mass is 16.5.